The number of para-hydroxylation sites is 1. The number of nitrogens with zero attached hydrogens (tertiary/aromatic N) is 6. The highest BCUT2D eigenvalue weighted by molar-refractivity contribution is 6.08. The Hall–Kier alpha value is -5.35. The minimum absolute atomic E-state index is 0.0567. The Morgan fingerprint density at radius 3 is 1.89 bits per heavy atom. The summed E-state index contributed by atoms with van der Waals surface area (Å²) in [5.74, 6) is -2.26. The minimum Gasteiger partial charge on any atom is -0.503 e. The van der Waals surface area contributed by atoms with E-state index in [1.165, 1.54) is 41.2 Å². The molecule has 9 rings (SSSR count). The number of phenols is 1. The molecule has 0 aliphatic carbocycles. The second kappa shape index (κ2) is 18.1. The van der Waals surface area contributed by atoms with Gasteiger partial charge in [-0.15, -0.1) is 0 Å². The van der Waals surface area contributed by atoms with Crippen LogP contribution in [0.5, 0.6) is 11.5 Å². The van der Waals surface area contributed by atoms with E-state index >= 15 is 8.78 Å². The van der Waals surface area contributed by atoms with Crippen molar-refractivity contribution in [3.05, 3.63) is 76.6 Å². The highest BCUT2D eigenvalue weighted by atomic mass is 19.1. The van der Waals surface area contributed by atoms with Gasteiger partial charge in [0.2, 0.25) is 17.7 Å². The molecule has 6 heterocycles. The number of hydrogen-bond donors (Lipinski definition) is 2. The van der Waals surface area contributed by atoms with Crippen LogP contribution in [0.4, 0.5) is 30.2 Å². The average molecular weight is 900 g/mol. The van der Waals surface area contributed by atoms with E-state index in [1.54, 1.807) is 12.1 Å². The number of carbonyl (C=O) groups is 4. The molecule has 6 aliphatic rings. The van der Waals surface area contributed by atoms with Crippen molar-refractivity contribution in [2.75, 3.05) is 87.3 Å². The summed E-state index contributed by atoms with van der Waals surface area (Å²) in [6.45, 7) is 12.9. The number of aromatic hydroxyl groups is 1. The predicted octanol–water partition coefficient (Wildman–Crippen LogP) is 6.22. The summed E-state index contributed by atoms with van der Waals surface area (Å²) in [4.78, 5) is 63.1. The van der Waals surface area contributed by atoms with Crippen LogP contribution in [0, 0.1) is 34.7 Å². The van der Waals surface area contributed by atoms with Crippen LogP contribution in [0.25, 0.3) is 0 Å². The number of piperidine rings is 3. The summed E-state index contributed by atoms with van der Waals surface area (Å²) in [6, 6.07) is 8.97. The van der Waals surface area contributed by atoms with Crippen molar-refractivity contribution in [3.8, 4) is 11.5 Å². The molecule has 13 nitrogen and oxygen atoms in total. The third-order valence-electron chi connectivity index (χ3n) is 15.5. The standard InChI is InChI=1S/C49H60F3N7O6/c1-4-49(5-2)45(59(48(49)64)38-8-6-7-35(50)44(38)61)34-25-37(52)41(26-42(34)65-3)57-17-13-31(14-18-57)28-55-21-19-54(20-22-55)27-30-11-15-56(16-12-30)40-23-32-29-58(47(63)33(32)24-36(40)51)39-9-10-43(60)53-46(39)62/h6-8,23-26,30-31,39,45,61H,4-5,9-22,27-29H2,1-3H3,(H,53,60,62)/t39-,45-/m0/s1. The lowest BCUT2D eigenvalue weighted by Gasteiger charge is -2.56. The van der Waals surface area contributed by atoms with Crippen molar-refractivity contribution in [2.24, 2.45) is 17.3 Å². The number of fused-ring (bicyclic) bond motifs is 1. The zero-order valence-corrected chi connectivity index (χ0v) is 37.6. The number of nitrogens with one attached hydrogen (secondary N) is 1. The molecule has 5 saturated heterocycles. The lowest BCUT2D eigenvalue weighted by Crippen LogP contribution is -2.63. The van der Waals surface area contributed by atoms with Gasteiger partial charge >= 0.3 is 0 Å². The Morgan fingerprint density at radius 1 is 0.738 bits per heavy atom. The highest BCUT2D eigenvalue weighted by Gasteiger charge is 2.61. The fourth-order valence-electron chi connectivity index (χ4n) is 11.6. The lowest BCUT2D eigenvalue weighted by atomic mass is 9.64. The van der Waals surface area contributed by atoms with Gasteiger partial charge in [-0.2, -0.15) is 0 Å². The molecule has 2 atom stereocenters. The summed E-state index contributed by atoms with van der Waals surface area (Å²) in [6.07, 6.45) is 5.16. The SMILES string of the molecule is CCC1(CC)C(=O)N(c2cccc(F)c2O)[C@H]1c1cc(F)c(N2CCC(CN3CCN(CC4CCN(c5cc6c(cc5F)C(=O)N([C@H]5CCC(=O)NC5=O)C6)CC4)CC3)CC2)cc1OC. The van der Waals surface area contributed by atoms with E-state index < -0.39 is 46.6 Å². The predicted molar refractivity (Wildman–Crippen MR) is 239 cm³/mol. The lowest BCUT2D eigenvalue weighted by molar-refractivity contribution is -0.141. The van der Waals surface area contributed by atoms with Crippen molar-refractivity contribution >= 4 is 40.7 Å². The zero-order valence-electron chi connectivity index (χ0n) is 37.6. The Morgan fingerprint density at radius 2 is 1.32 bits per heavy atom. The topological polar surface area (TPSA) is 129 Å². The summed E-state index contributed by atoms with van der Waals surface area (Å²) in [5, 5.41) is 12.9. The number of anilines is 3. The molecule has 3 aromatic carbocycles. The summed E-state index contributed by atoms with van der Waals surface area (Å²) >= 11 is 0. The fraction of sp³-hybridized carbons (Fsp3) is 0.551. The van der Waals surface area contributed by atoms with Gasteiger partial charge in [0.1, 0.15) is 23.4 Å². The quantitative estimate of drug-likeness (QED) is 0.160. The van der Waals surface area contributed by atoms with E-state index in [0.29, 0.717) is 66.0 Å². The zero-order chi connectivity index (χ0) is 45.7. The molecule has 0 unspecified atom stereocenters. The van der Waals surface area contributed by atoms with Crippen LogP contribution in [0.1, 0.15) is 92.7 Å². The van der Waals surface area contributed by atoms with Gasteiger partial charge in [-0.3, -0.25) is 29.4 Å². The molecule has 65 heavy (non-hydrogen) atoms. The Balaban J connectivity index is 0.745. The maximum absolute atomic E-state index is 16.3. The van der Waals surface area contributed by atoms with E-state index in [1.807, 2.05) is 13.8 Å². The van der Waals surface area contributed by atoms with Gasteiger partial charge in [0.25, 0.3) is 5.91 Å². The number of ether oxygens (including phenoxy) is 1. The normalized spacial score (nSPS) is 23.5. The Kier molecular flexibility index (Phi) is 12.5. The second-order valence-electron chi connectivity index (χ2n) is 18.9. The number of methoxy groups -OCH3 is 1. The van der Waals surface area contributed by atoms with Crippen molar-refractivity contribution in [2.45, 2.75) is 83.8 Å². The molecule has 0 radical (unpaired) electrons. The summed E-state index contributed by atoms with van der Waals surface area (Å²) in [5.41, 5.74) is 1.65. The smallest absolute Gasteiger partial charge is 0.255 e. The summed E-state index contributed by atoms with van der Waals surface area (Å²) in [7, 11) is 1.53. The first-order valence-corrected chi connectivity index (χ1v) is 23.4. The number of rotatable bonds is 12. The van der Waals surface area contributed by atoms with Gasteiger partial charge in [-0.1, -0.05) is 19.9 Å². The second-order valence-corrected chi connectivity index (χ2v) is 18.9. The largest absolute Gasteiger partial charge is 0.503 e. The molecular formula is C49H60F3N7O6. The highest BCUT2D eigenvalue weighted by Crippen LogP contribution is 2.59. The first kappa shape index (κ1) is 44.8. The van der Waals surface area contributed by atoms with E-state index in [2.05, 4.69) is 24.9 Å². The van der Waals surface area contributed by atoms with Crippen LogP contribution in [-0.2, 0) is 20.9 Å². The minimum atomic E-state index is -0.854. The number of amides is 4. The Labute approximate surface area is 378 Å². The Bertz CT molecular complexity index is 2340. The number of imide groups is 1. The number of β-lactam (4-membered cyclic amide) rings is 1. The molecule has 5 fully saturated rings. The van der Waals surface area contributed by atoms with Gasteiger partial charge in [-0.25, -0.2) is 13.2 Å². The van der Waals surface area contributed by atoms with Crippen molar-refractivity contribution in [3.63, 3.8) is 0 Å². The molecule has 0 saturated carbocycles. The van der Waals surface area contributed by atoms with Crippen LogP contribution in [0.3, 0.4) is 0 Å². The van der Waals surface area contributed by atoms with Gasteiger partial charge in [0.05, 0.1) is 35.6 Å². The number of carbonyl (C=O) groups excluding carboxylic acids is 4. The maximum Gasteiger partial charge on any atom is 0.255 e. The van der Waals surface area contributed by atoms with Crippen molar-refractivity contribution < 1.29 is 42.2 Å². The molecule has 4 amide bonds. The molecule has 0 spiro atoms. The van der Waals surface area contributed by atoms with Crippen molar-refractivity contribution in [1.29, 1.82) is 0 Å². The number of phenolic OH excluding ortho intramolecular Hbond substituents is 1. The van der Waals surface area contributed by atoms with Gasteiger partial charge in [0.15, 0.2) is 11.6 Å². The molecule has 16 heteroatoms. The monoisotopic (exact) mass is 899 g/mol. The number of hydrogen-bond acceptors (Lipinski definition) is 10. The van der Waals surface area contributed by atoms with Gasteiger partial charge in [0, 0.05) is 95.6 Å². The third-order valence-corrected chi connectivity index (χ3v) is 15.5. The molecule has 3 aromatic rings. The summed E-state index contributed by atoms with van der Waals surface area (Å²) < 4.78 is 52.1. The fourth-order valence-corrected chi connectivity index (χ4v) is 11.6. The van der Waals surface area contributed by atoms with Crippen LogP contribution < -0.4 is 24.8 Å². The van der Waals surface area contributed by atoms with Crippen LogP contribution >= 0.6 is 0 Å². The number of halogens is 3. The first-order chi connectivity index (χ1) is 31.3. The van der Waals surface area contributed by atoms with Crippen LogP contribution in [-0.4, -0.2) is 122 Å². The van der Waals surface area contributed by atoms with E-state index in [9.17, 15) is 28.7 Å². The maximum atomic E-state index is 16.3. The average Bonchev–Trinajstić information content (AvgIpc) is 3.62. The molecule has 2 N–H and O–H groups in total. The van der Waals surface area contributed by atoms with E-state index in [0.717, 1.165) is 84.1 Å². The molecular weight excluding hydrogens is 840 g/mol. The van der Waals surface area contributed by atoms with Crippen LogP contribution in [0.15, 0.2) is 42.5 Å². The molecule has 6 aliphatic heterocycles. The van der Waals surface area contributed by atoms with Crippen molar-refractivity contribution in [1.82, 2.24) is 20.0 Å². The first-order valence-electron chi connectivity index (χ1n) is 23.4. The van der Waals surface area contributed by atoms with Gasteiger partial charge < -0.3 is 34.3 Å². The molecule has 0 bridgehead atoms. The van der Waals surface area contributed by atoms with Gasteiger partial charge in [-0.05, 0) is 92.7 Å². The molecule has 348 valence electrons. The number of piperazine rings is 1. The van der Waals surface area contributed by atoms with Crippen LogP contribution in [0.2, 0.25) is 0 Å². The van der Waals surface area contributed by atoms with E-state index in [-0.39, 0.29) is 48.4 Å². The molecule has 0 aromatic heterocycles. The van der Waals surface area contributed by atoms with E-state index in [4.69, 9.17) is 4.74 Å². The third kappa shape index (κ3) is 8.18. The number of benzene rings is 3.